The second-order valence-corrected chi connectivity index (χ2v) is 3.69. The summed E-state index contributed by atoms with van der Waals surface area (Å²) in [5, 5.41) is 0.678. The number of benzene rings is 1. The number of pyridine rings is 1. The molecule has 82 valence electrons. The number of rotatable bonds is 3. The van der Waals surface area contributed by atoms with Gasteiger partial charge >= 0.3 is 0 Å². The van der Waals surface area contributed by atoms with Crippen LogP contribution in [-0.4, -0.2) is 4.98 Å². The average molecular weight is 235 g/mol. The Morgan fingerprint density at radius 3 is 2.75 bits per heavy atom. The third kappa shape index (κ3) is 2.44. The van der Waals surface area contributed by atoms with Gasteiger partial charge in [-0.05, 0) is 18.2 Å². The normalized spacial score (nSPS) is 10.1. The monoisotopic (exact) mass is 234 g/mol. The van der Waals surface area contributed by atoms with Crippen molar-refractivity contribution < 1.29 is 4.74 Å². The standard InChI is InChI=1S/C12H11ClN2O/c13-10-5-2-1-4-9(10)8-16-12-11(14)6-3-7-15-12/h1-7H,8,14H2. The van der Waals surface area contributed by atoms with Gasteiger partial charge in [0.25, 0.3) is 0 Å². The fourth-order valence-electron chi connectivity index (χ4n) is 1.29. The second-order valence-electron chi connectivity index (χ2n) is 3.28. The summed E-state index contributed by atoms with van der Waals surface area (Å²) in [7, 11) is 0. The lowest BCUT2D eigenvalue weighted by atomic mass is 10.2. The van der Waals surface area contributed by atoms with Gasteiger partial charge in [0.05, 0.1) is 5.69 Å². The Labute approximate surface area is 98.8 Å². The first-order chi connectivity index (χ1) is 7.77. The Kier molecular flexibility index (Phi) is 3.27. The van der Waals surface area contributed by atoms with Crippen molar-refractivity contribution in [2.45, 2.75) is 6.61 Å². The van der Waals surface area contributed by atoms with Crippen molar-refractivity contribution in [3.05, 3.63) is 53.2 Å². The maximum atomic E-state index is 6.00. The molecule has 2 rings (SSSR count). The van der Waals surface area contributed by atoms with Gasteiger partial charge in [-0.25, -0.2) is 4.98 Å². The number of anilines is 1. The molecule has 1 aromatic heterocycles. The molecule has 0 radical (unpaired) electrons. The molecule has 0 fully saturated rings. The van der Waals surface area contributed by atoms with Crippen molar-refractivity contribution in [2.75, 3.05) is 5.73 Å². The minimum absolute atomic E-state index is 0.362. The highest BCUT2D eigenvalue weighted by Crippen LogP contribution is 2.20. The van der Waals surface area contributed by atoms with E-state index in [0.29, 0.717) is 23.2 Å². The molecule has 0 atom stereocenters. The van der Waals surface area contributed by atoms with Gasteiger partial charge in [0, 0.05) is 16.8 Å². The first kappa shape index (κ1) is 10.8. The van der Waals surface area contributed by atoms with Gasteiger partial charge in [0.2, 0.25) is 5.88 Å². The van der Waals surface area contributed by atoms with Crippen LogP contribution in [0.2, 0.25) is 5.02 Å². The fourth-order valence-corrected chi connectivity index (χ4v) is 1.48. The van der Waals surface area contributed by atoms with E-state index in [0.717, 1.165) is 5.56 Å². The van der Waals surface area contributed by atoms with Crippen LogP contribution in [0.25, 0.3) is 0 Å². The van der Waals surface area contributed by atoms with Crippen molar-refractivity contribution >= 4 is 17.3 Å². The van der Waals surface area contributed by atoms with Gasteiger partial charge in [-0.2, -0.15) is 0 Å². The Balaban J connectivity index is 2.09. The Hall–Kier alpha value is -1.74. The Bertz CT molecular complexity index is 442. The molecule has 0 aliphatic carbocycles. The zero-order valence-electron chi connectivity index (χ0n) is 8.56. The van der Waals surface area contributed by atoms with E-state index in [1.54, 1.807) is 18.3 Å². The highest BCUT2D eigenvalue weighted by molar-refractivity contribution is 6.31. The molecule has 0 amide bonds. The number of hydrogen-bond donors (Lipinski definition) is 1. The molecule has 0 saturated carbocycles. The van der Waals surface area contributed by atoms with Crippen LogP contribution in [0.1, 0.15) is 5.56 Å². The van der Waals surface area contributed by atoms with Gasteiger partial charge in [-0.15, -0.1) is 0 Å². The Morgan fingerprint density at radius 2 is 2.00 bits per heavy atom. The van der Waals surface area contributed by atoms with E-state index < -0.39 is 0 Å². The number of aromatic nitrogens is 1. The summed E-state index contributed by atoms with van der Waals surface area (Å²) in [6, 6.07) is 11.0. The number of nitrogens with two attached hydrogens (primary N) is 1. The first-order valence-corrected chi connectivity index (χ1v) is 5.22. The zero-order chi connectivity index (χ0) is 11.4. The molecule has 2 aromatic rings. The fraction of sp³-hybridized carbons (Fsp3) is 0.0833. The predicted octanol–water partition coefficient (Wildman–Crippen LogP) is 2.90. The number of halogens is 1. The summed E-state index contributed by atoms with van der Waals surface area (Å²) in [6.07, 6.45) is 1.64. The highest BCUT2D eigenvalue weighted by Gasteiger charge is 2.03. The van der Waals surface area contributed by atoms with Crippen molar-refractivity contribution in [1.29, 1.82) is 0 Å². The molecular weight excluding hydrogens is 224 g/mol. The van der Waals surface area contributed by atoms with E-state index in [4.69, 9.17) is 22.1 Å². The molecular formula is C12H11ClN2O. The summed E-state index contributed by atoms with van der Waals surface area (Å²) < 4.78 is 5.48. The van der Waals surface area contributed by atoms with Gasteiger partial charge in [-0.1, -0.05) is 29.8 Å². The van der Waals surface area contributed by atoms with E-state index in [1.807, 2.05) is 24.3 Å². The molecule has 3 nitrogen and oxygen atoms in total. The van der Waals surface area contributed by atoms with Crippen molar-refractivity contribution in [3.63, 3.8) is 0 Å². The molecule has 0 aliphatic rings. The summed E-state index contributed by atoms with van der Waals surface area (Å²) in [4.78, 5) is 4.03. The number of ether oxygens (including phenoxy) is 1. The van der Waals surface area contributed by atoms with E-state index in [1.165, 1.54) is 0 Å². The van der Waals surface area contributed by atoms with Crippen LogP contribution < -0.4 is 10.5 Å². The highest BCUT2D eigenvalue weighted by atomic mass is 35.5. The molecule has 2 N–H and O–H groups in total. The average Bonchev–Trinajstić information content (AvgIpc) is 2.30. The quantitative estimate of drug-likeness (QED) is 0.888. The smallest absolute Gasteiger partial charge is 0.237 e. The van der Waals surface area contributed by atoms with Crippen molar-refractivity contribution in [1.82, 2.24) is 4.98 Å². The number of nitrogens with zero attached hydrogens (tertiary/aromatic N) is 1. The van der Waals surface area contributed by atoms with Crippen LogP contribution in [-0.2, 0) is 6.61 Å². The van der Waals surface area contributed by atoms with E-state index in [-0.39, 0.29) is 0 Å². The largest absolute Gasteiger partial charge is 0.471 e. The van der Waals surface area contributed by atoms with Crippen molar-refractivity contribution in [3.8, 4) is 5.88 Å². The van der Waals surface area contributed by atoms with Crippen LogP contribution in [0.3, 0.4) is 0 Å². The molecule has 0 spiro atoms. The van der Waals surface area contributed by atoms with Crippen molar-refractivity contribution in [2.24, 2.45) is 0 Å². The summed E-state index contributed by atoms with van der Waals surface area (Å²) in [6.45, 7) is 0.362. The molecule has 1 aromatic carbocycles. The lowest BCUT2D eigenvalue weighted by Crippen LogP contribution is -2.00. The van der Waals surface area contributed by atoms with Crippen LogP contribution in [0.15, 0.2) is 42.6 Å². The van der Waals surface area contributed by atoms with E-state index in [9.17, 15) is 0 Å². The first-order valence-electron chi connectivity index (χ1n) is 4.84. The SMILES string of the molecule is Nc1cccnc1OCc1ccccc1Cl. The summed E-state index contributed by atoms with van der Waals surface area (Å²) in [5.74, 6) is 0.433. The predicted molar refractivity (Wildman–Crippen MR) is 64.4 cm³/mol. The zero-order valence-corrected chi connectivity index (χ0v) is 9.32. The maximum absolute atomic E-state index is 6.00. The third-order valence-corrected chi connectivity index (χ3v) is 2.49. The summed E-state index contributed by atoms with van der Waals surface area (Å²) >= 11 is 6.00. The van der Waals surface area contributed by atoms with E-state index >= 15 is 0 Å². The number of nitrogen functional groups attached to an aromatic ring is 1. The lowest BCUT2D eigenvalue weighted by molar-refractivity contribution is 0.296. The molecule has 1 heterocycles. The molecule has 0 aliphatic heterocycles. The number of hydrogen-bond acceptors (Lipinski definition) is 3. The summed E-state index contributed by atoms with van der Waals surface area (Å²) in [5.41, 5.74) is 7.14. The molecule has 16 heavy (non-hydrogen) atoms. The van der Waals surface area contributed by atoms with Crippen LogP contribution >= 0.6 is 11.6 Å². The minimum atomic E-state index is 0.362. The van der Waals surface area contributed by atoms with Gasteiger partial charge in [0.15, 0.2) is 0 Å². The molecule has 4 heteroatoms. The van der Waals surface area contributed by atoms with Gasteiger partial charge < -0.3 is 10.5 Å². The minimum Gasteiger partial charge on any atom is -0.471 e. The van der Waals surface area contributed by atoms with Gasteiger partial charge in [0.1, 0.15) is 6.61 Å². The second kappa shape index (κ2) is 4.86. The van der Waals surface area contributed by atoms with Crippen LogP contribution in [0, 0.1) is 0 Å². The molecule has 0 unspecified atom stereocenters. The molecule has 0 saturated heterocycles. The Morgan fingerprint density at radius 1 is 1.19 bits per heavy atom. The van der Waals surface area contributed by atoms with Crippen LogP contribution in [0.4, 0.5) is 5.69 Å². The maximum Gasteiger partial charge on any atom is 0.237 e. The third-order valence-electron chi connectivity index (χ3n) is 2.12. The molecule has 0 bridgehead atoms. The topological polar surface area (TPSA) is 48.1 Å². The van der Waals surface area contributed by atoms with Crippen LogP contribution in [0.5, 0.6) is 5.88 Å². The van der Waals surface area contributed by atoms with E-state index in [2.05, 4.69) is 4.98 Å². The van der Waals surface area contributed by atoms with Gasteiger partial charge in [-0.3, -0.25) is 0 Å². The lowest BCUT2D eigenvalue weighted by Gasteiger charge is -2.08.